The van der Waals surface area contributed by atoms with Crippen molar-refractivity contribution in [1.29, 1.82) is 0 Å². The minimum Gasteiger partial charge on any atom is -0.307 e. The number of nitrogen functional groups attached to an aromatic ring is 1. The van der Waals surface area contributed by atoms with Crippen molar-refractivity contribution in [2.45, 2.75) is 3.79 Å². The zero-order chi connectivity index (χ0) is 10.9. The van der Waals surface area contributed by atoms with Crippen molar-refractivity contribution < 1.29 is 0 Å². The molecule has 0 radical (unpaired) electrons. The van der Waals surface area contributed by atoms with Gasteiger partial charge in [-0.05, 0) is 11.6 Å². The molecule has 1 rings (SSSR count). The van der Waals surface area contributed by atoms with E-state index < -0.39 is 3.79 Å². The maximum atomic E-state index is 5.79. The molecule has 0 aliphatic rings. The molecule has 0 bridgehead atoms. The van der Waals surface area contributed by atoms with Crippen LogP contribution in [0.15, 0.2) is 0 Å². The van der Waals surface area contributed by atoms with Crippen LogP contribution in [0, 0.1) is 0 Å². The Morgan fingerprint density at radius 2 is 1.71 bits per heavy atom. The molecule has 0 aromatic carbocycles. The third-order valence-electron chi connectivity index (χ3n) is 1.23. The minimum atomic E-state index is -1.78. The van der Waals surface area contributed by atoms with Crippen LogP contribution < -0.4 is 11.3 Å². The van der Waals surface area contributed by atoms with E-state index in [1.54, 1.807) is 0 Å². The normalized spacial score (nSPS) is 11.6. The molecule has 1 aromatic rings. The van der Waals surface area contributed by atoms with E-state index in [1.165, 1.54) is 0 Å². The van der Waals surface area contributed by atoms with E-state index in [2.05, 4.69) is 15.4 Å². The Morgan fingerprint density at radius 3 is 2.14 bits per heavy atom. The molecule has 0 aliphatic carbocycles. The summed E-state index contributed by atoms with van der Waals surface area (Å²) in [6, 6.07) is 0. The van der Waals surface area contributed by atoms with Gasteiger partial charge < -0.3 is 5.43 Å². The Morgan fingerprint density at radius 1 is 1.14 bits per heavy atom. The Bertz CT molecular complexity index is 349. The lowest BCUT2D eigenvalue weighted by Gasteiger charge is -2.13. The molecular formula is C5H3Cl5N4. The number of hydrazine groups is 1. The van der Waals surface area contributed by atoms with Crippen LogP contribution in [0.1, 0.15) is 5.69 Å². The number of alkyl halides is 3. The number of anilines is 1. The van der Waals surface area contributed by atoms with E-state index in [0.29, 0.717) is 0 Å². The van der Waals surface area contributed by atoms with Crippen molar-refractivity contribution in [1.82, 2.24) is 9.97 Å². The SMILES string of the molecule is NNc1nc(Cl)nc(C(Cl)(Cl)Cl)c1Cl. The smallest absolute Gasteiger partial charge is 0.234 e. The molecule has 4 nitrogen and oxygen atoms in total. The first-order valence-electron chi connectivity index (χ1n) is 3.13. The van der Waals surface area contributed by atoms with Gasteiger partial charge in [-0.25, -0.2) is 10.8 Å². The lowest BCUT2D eigenvalue weighted by atomic mass is 10.4. The number of hydrogen-bond acceptors (Lipinski definition) is 4. The van der Waals surface area contributed by atoms with Crippen LogP contribution in [0.5, 0.6) is 0 Å². The van der Waals surface area contributed by atoms with Gasteiger partial charge in [0.05, 0.1) is 0 Å². The molecule has 14 heavy (non-hydrogen) atoms. The maximum Gasteiger partial charge on any atom is 0.234 e. The molecule has 0 spiro atoms. The van der Waals surface area contributed by atoms with Gasteiger partial charge in [0.15, 0.2) is 5.82 Å². The summed E-state index contributed by atoms with van der Waals surface area (Å²) in [6.07, 6.45) is 0. The van der Waals surface area contributed by atoms with Crippen LogP contribution >= 0.6 is 58.0 Å². The molecule has 0 atom stereocenters. The third-order valence-corrected chi connectivity index (χ3v) is 2.29. The Kier molecular flexibility index (Phi) is 3.91. The molecule has 3 N–H and O–H groups in total. The van der Waals surface area contributed by atoms with Crippen LogP contribution in [-0.2, 0) is 3.79 Å². The van der Waals surface area contributed by atoms with Gasteiger partial charge in [0.25, 0.3) is 0 Å². The topological polar surface area (TPSA) is 63.8 Å². The molecule has 0 fully saturated rings. The first kappa shape index (κ1) is 12.4. The second-order valence-electron chi connectivity index (χ2n) is 2.15. The van der Waals surface area contributed by atoms with Gasteiger partial charge in [-0.1, -0.05) is 46.4 Å². The summed E-state index contributed by atoms with van der Waals surface area (Å²) in [5.74, 6) is 5.21. The van der Waals surface area contributed by atoms with Crippen molar-refractivity contribution in [3.05, 3.63) is 16.0 Å². The highest BCUT2D eigenvalue weighted by molar-refractivity contribution is 6.67. The average Bonchev–Trinajstić information content (AvgIpc) is 2.06. The van der Waals surface area contributed by atoms with Gasteiger partial charge >= 0.3 is 0 Å². The van der Waals surface area contributed by atoms with Crippen LogP contribution in [0.2, 0.25) is 10.3 Å². The number of nitrogens with zero attached hydrogens (tertiary/aromatic N) is 2. The van der Waals surface area contributed by atoms with Crippen LogP contribution in [0.3, 0.4) is 0 Å². The fourth-order valence-electron chi connectivity index (χ4n) is 0.703. The molecule has 1 heterocycles. The second kappa shape index (κ2) is 4.43. The summed E-state index contributed by atoms with van der Waals surface area (Å²) in [5, 5.41) is -0.111. The molecular weight excluding hydrogens is 293 g/mol. The molecule has 0 aliphatic heterocycles. The molecule has 0 amide bonds. The molecule has 1 aromatic heterocycles. The summed E-state index contributed by atoms with van der Waals surface area (Å²) in [4.78, 5) is 7.36. The minimum absolute atomic E-state index is 0.0110. The fourth-order valence-corrected chi connectivity index (χ4v) is 1.71. The van der Waals surface area contributed by atoms with Crippen molar-refractivity contribution in [2.75, 3.05) is 5.43 Å². The van der Waals surface area contributed by atoms with Gasteiger partial charge in [0.1, 0.15) is 10.7 Å². The van der Waals surface area contributed by atoms with Gasteiger partial charge in [-0.2, -0.15) is 4.98 Å². The lowest BCUT2D eigenvalue weighted by molar-refractivity contribution is 1.03. The highest BCUT2D eigenvalue weighted by atomic mass is 35.6. The Balaban J connectivity index is 3.37. The Labute approximate surface area is 105 Å². The van der Waals surface area contributed by atoms with Crippen LogP contribution in [0.4, 0.5) is 5.82 Å². The number of rotatable bonds is 1. The number of hydrogen-bond donors (Lipinski definition) is 2. The summed E-state index contributed by atoms with van der Waals surface area (Å²) in [6.45, 7) is 0. The van der Waals surface area contributed by atoms with Gasteiger partial charge in [0, 0.05) is 0 Å². The second-order valence-corrected chi connectivity index (χ2v) is 5.14. The monoisotopic (exact) mass is 294 g/mol. The molecule has 0 saturated carbocycles. The Hall–Kier alpha value is 0.290. The average molecular weight is 296 g/mol. The summed E-state index contributed by atoms with van der Waals surface area (Å²) < 4.78 is -1.78. The molecule has 0 saturated heterocycles. The third kappa shape index (κ3) is 2.66. The summed E-state index contributed by atoms with van der Waals surface area (Å²) >= 11 is 28.1. The van der Waals surface area contributed by atoms with Gasteiger partial charge in [-0.3, -0.25) is 0 Å². The van der Waals surface area contributed by atoms with E-state index in [0.717, 1.165) is 0 Å². The fraction of sp³-hybridized carbons (Fsp3) is 0.200. The van der Waals surface area contributed by atoms with E-state index in [9.17, 15) is 0 Å². The van der Waals surface area contributed by atoms with Crippen LogP contribution in [0.25, 0.3) is 0 Å². The maximum absolute atomic E-state index is 5.79. The molecule has 78 valence electrons. The predicted molar refractivity (Wildman–Crippen MR) is 59.1 cm³/mol. The van der Waals surface area contributed by atoms with Crippen molar-refractivity contribution in [2.24, 2.45) is 5.84 Å². The number of halogens is 5. The van der Waals surface area contributed by atoms with Crippen molar-refractivity contribution in [3.63, 3.8) is 0 Å². The van der Waals surface area contributed by atoms with Gasteiger partial charge in [-0.15, -0.1) is 0 Å². The van der Waals surface area contributed by atoms with E-state index in [4.69, 9.17) is 63.8 Å². The highest BCUT2D eigenvalue weighted by Gasteiger charge is 2.30. The lowest BCUT2D eigenvalue weighted by Crippen LogP contribution is -2.14. The van der Waals surface area contributed by atoms with Crippen molar-refractivity contribution in [3.8, 4) is 0 Å². The molecule has 9 heteroatoms. The highest BCUT2D eigenvalue weighted by Crippen LogP contribution is 2.42. The van der Waals surface area contributed by atoms with E-state index in [1.807, 2.05) is 0 Å². The van der Waals surface area contributed by atoms with Gasteiger partial charge in [0.2, 0.25) is 9.08 Å². The standard InChI is InChI=1S/C5H3Cl5N4/c6-1-2(5(8,9)10)12-4(7)13-3(1)14-11/h11H2,(H,12,13,14). The quantitative estimate of drug-likeness (QED) is 0.362. The summed E-state index contributed by atoms with van der Waals surface area (Å²) in [7, 11) is 0. The first-order chi connectivity index (χ1) is 6.36. The summed E-state index contributed by atoms with van der Waals surface area (Å²) in [5.41, 5.74) is 2.17. The van der Waals surface area contributed by atoms with E-state index >= 15 is 0 Å². The number of nitrogens with two attached hydrogens (primary N) is 1. The number of aromatic nitrogens is 2. The zero-order valence-corrected chi connectivity index (χ0v) is 10.1. The largest absolute Gasteiger partial charge is 0.307 e. The number of nitrogens with one attached hydrogen (secondary N) is 1. The molecule has 0 unspecified atom stereocenters. The van der Waals surface area contributed by atoms with Crippen LogP contribution in [-0.4, -0.2) is 9.97 Å². The predicted octanol–water partition coefficient (Wildman–Crippen LogP) is 2.90. The zero-order valence-electron chi connectivity index (χ0n) is 6.36. The van der Waals surface area contributed by atoms with E-state index in [-0.39, 0.29) is 21.8 Å². The first-order valence-corrected chi connectivity index (χ1v) is 5.02. The van der Waals surface area contributed by atoms with Crippen molar-refractivity contribution >= 4 is 63.8 Å².